The summed E-state index contributed by atoms with van der Waals surface area (Å²) in [7, 11) is 0. The molecule has 2 aliphatic heterocycles. The van der Waals surface area contributed by atoms with Gasteiger partial charge in [-0.3, -0.25) is 19.3 Å². The van der Waals surface area contributed by atoms with Crippen LogP contribution in [-0.4, -0.2) is 41.8 Å². The molecule has 6 heteroatoms. The van der Waals surface area contributed by atoms with Crippen molar-refractivity contribution in [3.63, 3.8) is 0 Å². The molecule has 28 heavy (non-hydrogen) atoms. The minimum Gasteiger partial charge on any atom is -0.326 e. The summed E-state index contributed by atoms with van der Waals surface area (Å²) in [5, 5.41) is 2.95. The lowest BCUT2D eigenvalue weighted by Gasteiger charge is -2.34. The number of likely N-dealkylation sites (tertiary alicyclic amines) is 1. The lowest BCUT2D eigenvalue weighted by molar-refractivity contribution is -0.123. The van der Waals surface area contributed by atoms with Gasteiger partial charge in [0.05, 0.1) is 18.2 Å². The maximum Gasteiger partial charge on any atom is 0.251 e. The van der Waals surface area contributed by atoms with Gasteiger partial charge in [-0.05, 0) is 50.2 Å². The van der Waals surface area contributed by atoms with Crippen molar-refractivity contribution in [2.45, 2.75) is 25.3 Å². The molecule has 2 aromatic rings. The van der Waals surface area contributed by atoms with Crippen molar-refractivity contribution >= 4 is 29.1 Å². The number of carbonyl (C=O) groups is 3. The average molecular weight is 377 g/mol. The molecule has 6 nitrogen and oxygen atoms in total. The van der Waals surface area contributed by atoms with E-state index in [1.165, 1.54) is 4.90 Å². The van der Waals surface area contributed by atoms with Gasteiger partial charge in [-0.15, -0.1) is 0 Å². The van der Waals surface area contributed by atoms with Crippen LogP contribution >= 0.6 is 0 Å². The SMILES string of the molecule is O=C(Nc1ccccc1)C1CCN([C@H]2CC(=O)N(c3ccccc3)C2=O)CC1. The summed E-state index contributed by atoms with van der Waals surface area (Å²) < 4.78 is 0. The molecule has 0 bridgehead atoms. The highest BCUT2D eigenvalue weighted by Crippen LogP contribution is 2.28. The molecule has 0 aliphatic carbocycles. The Morgan fingerprint density at radius 2 is 1.50 bits per heavy atom. The molecular formula is C22H23N3O3. The molecule has 2 heterocycles. The summed E-state index contributed by atoms with van der Waals surface area (Å²) in [5.74, 6) is -0.381. The monoisotopic (exact) mass is 377 g/mol. The number of nitrogens with one attached hydrogen (secondary N) is 1. The van der Waals surface area contributed by atoms with Crippen LogP contribution in [0.4, 0.5) is 11.4 Å². The van der Waals surface area contributed by atoms with Crippen LogP contribution in [0.15, 0.2) is 60.7 Å². The number of hydrogen-bond acceptors (Lipinski definition) is 4. The normalized spacial score (nSPS) is 21.1. The van der Waals surface area contributed by atoms with Gasteiger partial charge in [0.15, 0.2) is 0 Å². The Balaban J connectivity index is 1.36. The highest BCUT2D eigenvalue weighted by Gasteiger charge is 2.43. The quantitative estimate of drug-likeness (QED) is 0.832. The molecule has 1 atom stereocenters. The minimum atomic E-state index is -0.425. The standard InChI is InChI=1S/C22H23N3O3/c26-20-15-19(22(28)25(20)18-9-5-2-6-10-18)24-13-11-16(12-14-24)21(27)23-17-7-3-1-4-8-17/h1-10,16,19H,11-15H2,(H,23,27)/t19-/m0/s1. The Kier molecular flexibility index (Phi) is 5.21. The van der Waals surface area contributed by atoms with Crippen molar-refractivity contribution in [2.24, 2.45) is 5.92 Å². The largest absolute Gasteiger partial charge is 0.326 e. The molecule has 0 unspecified atom stereocenters. The first-order chi connectivity index (χ1) is 13.6. The van der Waals surface area contributed by atoms with Crippen LogP contribution in [0.1, 0.15) is 19.3 Å². The van der Waals surface area contributed by atoms with E-state index in [1.54, 1.807) is 12.1 Å². The van der Waals surface area contributed by atoms with Gasteiger partial charge >= 0.3 is 0 Å². The smallest absolute Gasteiger partial charge is 0.251 e. The van der Waals surface area contributed by atoms with Gasteiger partial charge in [-0.25, -0.2) is 4.90 Å². The van der Waals surface area contributed by atoms with E-state index in [0.717, 1.165) is 5.69 Å². The van der Waals surface area contributed by atoms with E-state index in [0.29, 0.717) is 31.6 Å². The predicted molar refractivity (Wildman–Crippen MR) is 107 cm³/mol. The molecule has 4 rings (SSSR count). The number of rotatable bonds is 4. The Bertz CT molecular complexity index is 861. The topological polar surface area (TPSA) is 69.7 Å². The molecule has 2 aromatic carbocycles. The summed E-state index contributed by atoms with van der Waals surface area (Å²) in [6, 6.07) is 18.0. The molecular weight excluding hydrogens is 354 g/mol. The van der Waals surface area contributed by atoms with Crippen molar-refractivity contribution in [3.05, 3.63) is 60.7 Å². The fraction of sp³-hybridized carbons (Fsp3) is 0.318. The first-order valence-electron chi connectivity index (χ1n) is 9.65. The second-order valence-electron chi connectivity index (χ2n) is 7.29. The zero-order valence-corrected chi connectivity index (χ0v) is 15.6. The van der Waals surface area contributed by atoms with Gasteiger partial charge in [0.2, 0.25) is 11.8 Å². The van der Waals surface area contributed by atoms with Crippen molar-refractivity contribution in [2.75, 3.05) is 23.3 Å². The summed E-state index contributed by atoms with van der Waals surface area (Å²) >= 11 is 0. The Hall–Kier alpha value is -2.99. The second kappa shape index (κ2) is 7.94. The Labute approximate surface area is 164 Å². The fourth-order valence-electron chi connectivity index (χ4n) is 3.99. The van der Waals surface area contributed by atoms with Gasteiger partial charge in [0.25, 0.3) is 5.91 Å². The number of imide groups is 1. The van der Waals surface area contributed by atoms with Gasteiger partial charge in [-0.1, -0.05) is 36.4 Å². The lowest BCUT2D eigenvalue weighted by atomic mass is 9.94. The molecule has 0 spiro atoms. The average Bonchev–Trinajstić information content (AvgIpc) is 3.03. The van der Waals surface area contributed by atoms with E-state index in [9.17, 15) is 14.4 Å². The molecule has 0 saturated carbocycles. The number of para-hydroxylation sites is 2. The van der Waals surface area contributed by atoms with Gasteiger partial charge < -0.3 is 5.32 Å². The van der Waals surface area contributed by atoms with Crippen molar-refractivity contribution in [3.8, 4) is 0 Å². The number of anilines is 2. The van der Waals surface area contributed by atoms with Crippen LogP contribution in [-0.2, 0) is 14.4 Å². The molecule has 144 valence electrons. The molecule has 0 radical (unpaired) electrons. The molecule has 1 N–H and O–H groups in total. The van der Waals surface area contributed by atoms with Gasteiger partial charge in [0.1, 0.15) is 0 Å². The van der Waals surface area contributed by atoms with E-state index in [4.69, 9.17) is 0 Å². The van der Waals surface area contributed by atoms with E-state index < -0.39 is 6.04 Å². The van der Waals surface area contributed by atoms with Gasteiger partial charge in [0, 0.05) is 11.6 Å². The summed E-state index contributed by atoms with van der Waals surface area (Å²) in [4.78, 5) is 41.1. The third-order valence-corrected chi connectivity index (χ3v) is 5.52. The molecule has 0 aromatic heterocycles. The van der Waals surface area contributed by atoms with Crippen molar-refractivity contribution in [1.82, 2.24) is 4.90 Å². The summed E-state index contributed by atoms with van der Waals surface area (Å²) in [6.45, 7) is 1.28. The second-order valence-corrected chi connectivity index (χ2v) is 7.29. The molecule has 3 amide bonds. The highest BCUT2D eigenvalue weighted by molar-refractivity contribution is 6.22. The number of nitrogens with zero attached hydrogens (tertiary/aromatic N) is 2. The number of benzene rings is 2. The molecule has 2 saturated heterocycles. The third-order valence-electron chi connectivity index (χ3n) is 5.52. The Morgan fingerprint density at radius 1 is 0.893 bits per heavy atom. The van der Waals surface area contributed by atoms with Crippen LogP contribution in [0, 0.1) is 5.92 Å². The van der Waals surface area contributed by atoms with Crippen LogP contribution in [0.3, 0.4) is 0 Å². The lowest BCUT2D eigenvalue weighted by Crippen LogP contribution is -2.47. The van der Waals surface area contributed by atoms with Crippen LogP contribution < -0.4 is 10.2 Å². The van der Waals surface area contributed by atoms with Crippen molar-refractivity contribution < 1.29 is 14.4 Å². The number of hydrogen-bond donors (Lipinski definition) is 1. The van der Waals surface area contributed by atoms with Gasteiger partial charge in [-0.2, -0.15) is 0 Å². The summed E-state index contributed by atoms with van der Waals surface area (Å²) in [5.41, 5.74) is 1.42. The zero-order chi connectivity index (χ0) is 19.5. The predicted octanol–water partition coefficient (Wildman–Crippen LogP) is 2.67. The minimum absolute atomic E-state index is 0.0191. The van der Waals surface area contributed by atoms with E-state index >= 15 is 0 Å². The first-order valence-corrected chi connectivity index (χ1v) is 9.65. The number of piperidine rings is 1. The van der Waals surface area contributed by atoms with Crippen LogP contribution in [0.2, 0.25) is 0 Å². The number of carbonyl (C=O) groups excluding carboxylic acids is 3. The fourth-order valence-corrected chi connectivity index (χ4v) is 3.99. The highest BCUT2D eigenvalue weighted by atomic mass is 16.2. The zero-order valence-electron chi connectivity index (χ0n) is 15.6. The first kappa shape index (κ1) is 18.4. The van der Waals surface area contributed by atoms with E-state index in [1.807, 2.05) is 48.5 Å². The number of amides is 3. The third kappa shape index (κ3) is 3.68. The Morgan fingerprint density at radius 3 is 2.14 bits per heavy atom. The van der Waals surface area contributed by atoms with E-state index in [-0.39, 0.29) is 30.1 Å². The van der Waals surface area contributed by atoms with Crippen LogP contribution in [0.5, 0.6) is 0 Å². The molecule has 2 fully saturated rings. The van der Waals surface area contributed by atoms with Crippen LogP contribution in [0.25, 0.3) is 0 Å². The van der Waals surface area contributed by atoms with Crippen molar-refractivity contribution in [1.29, 1.82) is 0 Å². The molecule has 2 aliphatic rings. The maximum absolute atomic E-state index is 12.9. The summed E-state index contributed by atoms with van der Waals surface area (Å²) in [6.07, 6.45) is 1.57. The van der Waals surface area contributed by atoms with E-state index in [2.05, 4.69) is 10.2 Å². The maximum atomic E-state index is 12.9.